The van der Waals surface area contributed by atoms with Crippen molar-refractivity contribution in [1.82, 2.24) is 0 Å². The Balaban J connectivity index is 0.000000431. The number of nitrogens with two attached hydrogens (primary N) is 1. The van der Waals surface area contributed by atoms with Gasteiger partial charge in [0.05, 0.1) is 0 Å². The lowest BCUT2D eigenvalue weighted by Gasteiger charge is -2.55. The molecule has 0 aromatic heterocycles. The van der Waals surface area contributed by atoms with Gasteiger partial charge in [-0.25, -0.2) is 4.57 Å². The van der Waals surface area contributed by atoms with Crippen LogP contribution in [-0.4, -0.2) is 21.2 Å². The van der Waals surface area contributed by atoms with Crippen LogP contribution in [0.4, 0.5) is 0 Å². The van der Waals surface area contributed by atoms with Gasteiger partial charge in [-0.3, -0.25) is 0 Å². The standard InChI is InChI=1S/C20H31N.H3O4P/c1-14(2)15-6-8-17-16(12-15)7-9-18-19(3,13-21)10-5-11-20(17,18)4;1-5(2,3)4/h6,8,12,14,18H,5,7,9-11,13,21H2,1-4H3;(H3,1,2,3,4)/t18-,19-,20+;/m0./s1. The summed E-state index contributed by atoms with van der Waals surface area (Å²) in [5.74, 6) is 1.38. The monoisotopic (exact) mass is 383 g/mol. The van der Waals surface area contributed by atoms with Crippen LogP contribution in [0.2, 0.25) is 0 Å². The largest absolute Gasteiger partial charge is 0.466 e. The van der Waals surface area contributed by atoms with Crippen LogP contribution in [0.15, 0.2) is 18.2 Å². The van der Waals surface area contributed by atoms with Gasteiger partial charge in [0.25, 0.3) is 0 Å². The van der Waals surface area contributed by atoms with Crippen molar-refractivity contribution in [3.63, 3.8) is 0 Å². The Bertz CT molecular complexity index is 678. The molecule has 1 aromatic carbocycles. The van der Waals surface area contributed by atoms with Crippen molar-refractivity contribution in [2.75, 3.05) is 6.54 Å². The van der Waals surface area contributed by atoms with Crippen molar-refractivity contribution in [3.8, 4) is 0 Å². The third kappa shape index (κ3) is 4.58. The Morgan fingerprint density at radius 3 is 2.38 bits per heavy atom. The Labute approximate surface area is 157 Å². The topological polar surface area (TPSA) is 104 Å². The van der Waals surface area contributed by atoms with Crippen molar-refractivity contribution >= 4 is 7.82 Å². The highest BCUT2D eigenvalue weighted by Gasteiger charge is 2.50. The Morgan fingerprint density at radius 2 is 1.85 bits per heavy atom. The van der Waals surface area contributed by atoms with Crippen LogP contribution in [-0.2, 0) is 16.4 Å². The predicted octanol–water partition coefficient (Wildman–Crippen LogP) is 3.85. The van der Waals surface area contributed by atoms with E-state index in [1.165, 1.54) is 37.7 Å². The van der Waals surface area contributed by atoms with Crippen LogP contribution in [0.25, 0.3) is 0 Å². The molecule has 1 aromatic rings. The van der Waals surface area contributed by atoms with Gasteiger partial charge in [0.1, 0.15) is 0 Å². The second-order valence-electron chi connectivity index (χ2n) is 8.80. The number of hydrogen-bond donors (Lipinski definition) is 4. The van der Waals surface area contributed by atoms with E-state index in [1.54, 1.807) is 11.1 Å². The minimum Gasteiger partial charge on any atom is -0.330 e. The number of aryl methyl sites for hydroxylation is 1. The van der Waals surface area contributed by atoms with E-state index in [9.17, 15) is 0 Å². The number of benzene rings is 1. The lowest BCUT2D eigenvalue weighted by molar-refractivity contribution is 0.0326. The summed E-state index contributed by atoms with van der Waals surface area (Å²) in [4.78, 5) is 21.6. The normalized spacial score (nSPS) is 30.9. The van der Waals surface area contributed by atoms with E-state index in [0.29, 0.717) is 16.7 Å². The van der Waals surface area contributed by atoms with Crippen LogP contribution in [0.3, 0.4) is 0 Å². The van der Waals surface area contributed by atoms with Crippen LogP contribution < -0.4 is 5.73 Å². The minimum absolute atomic E-state index is 0.335. The molecule has 0 heterocycles. The number of hydrogen-bond acceptors (Lipinski definition) is 2. The SMILES string of the molecule is CC(C)c1ccc2c(c1)CC[C@H]1[C@](C)(CN)CCC[C@]21C.O=P(O)(O)O. The van der Waals surface area contributed by atoms with Gasteiger partial charge in [0.2, 0.25) is 0 Å². The molecule has 0 saturated heterocycles. The van der Waals surface area contributed by atoms with Crippen LogP contribution in [0, 0.1) is 11.3 Å². The smallest absolute Gasteiger partial charge is 0.330 e. The molecule has 3 atom stereocenters. The molecule has 2 aliphatic carbocycles. The van der Waals surface area contributed by atoms with Crippen molar-refractivity contribution in [2.45, 2.75) is 71.1 Å². The molecule has 3 rings (SSSR count). The second kappa shape index (κ2) is 7.73. The van der Waals surface area contributed by atoms with E-state index in [2.05, 4.69) is 45.9 Å². The van der Waals surface area contributed by atoms with Crippen molar-refractivity contribution in [2.24, 2.45) is 17.1 Å². The molecule has 1 saturated carbocycles. The lowest BCUT2D eigenvalue weighted by Crippen LogP contribution is -2.51. The number of fused-ring (bicyclic) bond motifs is 3. The van der Waals surface area contributed by atoms with Crippen molar-refractivity contribution in [1.29, 1.82) is 0 Å². The van der Waals surface area contributed by atoms with E-state index in [1.807, 2.05) is 0 Å². The Hall–Kier alpha value is -0.710. The first-order chi connectivity index (χ1) is 11.9. The summed E-state index contributed by atoms with van der Waals surface area (Å²) in [6, 6.07) is 7.29. The molecule has 0 amide bonds. The Morgan fingerprint density at radius 1 is 1.23 bits per heavy atom. The molecule has 0 radical (unpaired) electrons. The molecule has 148 valence electrons. The summed E-state index contributed by atoms with van der Waals surface area (Å²) in [5, 5.41) is 0. The maximum absolute atomic E-state index is 8.88. The van der Waals surface area contributed by atoms with Crippen LogP contribution in [0.5, 0.6) is 0 Å². The van der Waals surface area contributed by atoms with E-state index < -0.39 is 7.82 Å². The van der Waals surface area contributed by atoms with Gasteiger partial charge in [-0.1, -0.05) is 52.3 Å². The van der Waals surface area contributed by atoms with Gasteiger partial charge in [-0.05, 0) is 71.6 Å². The van der Waals surface area contributed by atoms with E-state index in [0.717, 1.165) is 12.5 Å². The van der Waals surface area contributed by atoms with Crippen molar-refractivity contribution in [3.05, 3.63) is 34.9 Å². The summed E-state index contributed by atoms with van der Waals surface area (Å²) in [5.41, 5.74) is 11.6. The third-order valence-corrected chi connectivity index (χ3v) is 6.63. The van der Waals surface area contributed by atoms with Gasteiger partial charge in [-0.15, -0.1) is 0 Å². The Kier molecular flexibility index (Phi) is 6.42. The molecule has 0 bridgehead atoms. The average molecular weight is 383 g/mol. The van der Waals surface area contributed by atoms with Gasteiger partial charge >= 0.3 is 7.82 Å². The minimum atomic E-state index is -4.64. The fraction of sp³-hybridized carbons (Fsp3) is 0.700. The molecule has 2 aliphatic rings. The highest BCUT2D eigenvalue weighted by Crippen LogP contribution is 2.56. The maximum Gasteiger partial charge on any atom is 0.466 e. The molecule has 0 unspecified atom stereocenters. The van der Waals surface area contributed by atoms with Gasteiger partial charge in [0.15, 0.2) is 0 Å². The quantitative estimate of drug-likeness (QED) is 0.581. The molecule has 6 heteroatoms. The van der Waals surface area contributed by atoms with E-state index >= 15 is 0 Å². The van der Waals surface area contributed by atoms with Crippen LogP contribution in [0.1, 0.15) is 76.0 Å². The fourth-order valence-corrected chi connectivity index (χ4v) is 5.25. The third-order valence-electron chi connectivity index (χ3n) is 6.63. The molecular formula is C20H34NO4P. The van der Waals surface area contributed by atoms with Crippen molar-refractivity contribution < 1.29 is 19.2 Å². The molecule has 0 aliphatic heterocycles. The molecular weight excluding hydrogens is 349 g/mol. The van der Waals surface area contributed by atoms with E-state index in [4.69, 9.17) is 25.0 Å². The maximum atomic E-state index is 8.88. The average Bonchev–Trinajstić information content (AvgIpc) is 2.52. The predicted molar refractivity (Wildman–Crippen MR) is 105 cm³/mol. The van der Waals surface area contributed by atoms with Gasteiger partial charge in [0, 0.05) is 0 Å². The molecule has 1 fully saturated rings. The zero-order chi connectivity index (χ0) is 19.8. The molecule has 26 heavy (non-hydrogen) atoms. The summed E-state index contributed by atoms with van der Waals surface area (Å²) in [6.45, 7) is 10.4. The first-order valence-electron chi connectivity index (χ1n) is 9.52. The summed E-state index contributed by atoms with van der Waals surface area (Å²) in [7, 11) is -4.64. The molecule has 0 spiro atoms. The first-order valence-corrected chi connectivity index (χ1v) is 11.1. The lowest BCUT2D eigenvalue weighted by atomic mass is 9.50. The summed E-state index contributed by atoms with van der Waals surface area (Å²) >= 11 is 0. The zero-order valence-electron chi connectivity index (χ0n) is 16.4. The van der Waals surface area contributed by atoms with E-state index in [-0.39, 0.29) is 0 Å². The second-order valence-corrected chi connectivity index (χ2v) is 9.83. The highest BCUT2D eigenvalue weighted by molar-refractivity contribution is 7.45. The highest BCUT2D eigenvalue weighted by atomic mass is 31.2. The fourth-order valence-electron chi connectivity index (χ4n) is 5.25. The number of phosphoric acid groups is 1. The summed E-state index contributed by atoms with van der Waals surface area (Å²) < 4.78 is 8.88. The van der Waals surface area contributed by atoms with Crippen LogP contribution >= 0.6 is 7.82 Å². The molecule has 5 N–H and O–H groups in total. The van der Waals surface area contributed by atoms with Gasteiger partial charge in [-0.2, -0.15) is 0 Å². The summed E-state index contributed by atoms with van der Waals surface area (Å²) in [6.07, 6.45) is 6.53. The molecule has 5 nitrogen and oxygen atoms in total. The number of rotatable bonds is 2. The zero-order valence-corrected chi connectivity index (χ0v) is 17.3. The first kappa shape index (κ1) is 21.6. The van der Waals surface area contributed by atoms with Gasteiger partial charge < -0.3 is 20.4 Å².